The molecule has 5 N–H and O–H groups in total. The molecule has 6 bridgehead atoms. The maximum atomic E-state index is 13.8. The Morgan fingerprint density at radius 3 is 2.66 bits per heavy atom. The van der Waals surface area contributed by atoms with Crippen LogP contribution in [0.4, 0.5) is 5.95 Å². The molecule has 4 heterocycles. The molecular formula is C25H33N6O9P. The number of aliphatic hydroxyl groups excluding tert-OH is 1. The molecule has 5 rings (SSSR count). The van der Waals surface area contributed by atoms with Gasteiger partial charge in [-0.3, -0.25) is 13.9 Å². The van der Waals surface area contributed by atoms with Crippen LogP contribution in [-0.2, 0) is 23.4 Å². The molecule has 1 fully saturated rings. The van der Waals surface area contributed by atoms with Gasteiger partial charge in [0.2, 0.25) is 11.8 Å². The summed E-state index contributed by atoms with van der Waals surface area (Å²) in [5.74, 6) is -0.357. The Labute approximate surface area is 235 Å². The van der Waals surface area contributed by atoms with Gasteiger partial charge in [0.25, 0.3) is 0 Å². The van der Waals surface area contributed by atoms with E-state index in [2.05, 4.69) is 20.0 Å². The Balaban J connectivity index is 1.47. The number of hydrogen-bond acceptors (Lipinski definition) is 13. The van der Waals surface area contributed by atoms with Crippen LogP contribution in [0.3, 0.4) is 0 Å². The van der Waals surface area contributed by atoms with Crippen LogP contribution < -0.4 is 20.1 Å². The topological polar surface area (TPSA) is 202 Å². The largest absolute Gasteiger partial charge is 0.476 e. The average molecular weight is 593 g/mol. The molecule has 16 heteroatoms. The number of imidazole rings is 1. The van der Waals surface area contributed by atoms with E-state index in [1.54, 1.807) is 30.3 Å². The van der Waals surface area contributed by atoms with Crippen LogP contribution in [0.1, 0.15) is 39.3 Å². The van der Waals surface area contributed by atoms with E-state index >= 15 is 0 Å². The van der Waals surface area contributed by atoms with Crippen molar-refractivity contribution in [2.24, 2.45) is 0 Å². The highest BCUT2D eigenvalue weighted by molar-refractivity contribution is 7.52. The van der Waals surface area contributed by atoms with E-state index in [4.69, 9.17) is 29.0 Å². The Hall–Kier alpha value is -3.33. The zero-order chi connectivity index (χ0) is 29.2. The minimum Gasteiger partial charge on any atom is -0.476 e. The fraction of sp³-hybridized carbons (Fsp3) is 0.520. The number of nitrogen functional groups attached to an aromatic ring is 1. The summed E-state index contributed by atoms with van der Waals surface area (Å²) in [6.07, 6.45) is -0.616. The number of para-hydroxylation sites is 1. The zero-order valence-electron chi connectivity index (χ0n) is 22.6. The molecule has 15 nitrogen and oxygen atoms in total. The van der Waals surface area contributed by atoms with E-state index < -0.39 is 50.4 Å². The van der Waals surface area contributed by atoms with Crippen LogP contribution in [0, 0.1) is 0 Å². The second-order valence-corrected chi connectivity index (χ2v) is 11.7. The Kier molecular flexibility index (Phi) is 8.45. The van der Waals surface area contributed by atoms with E-state index in [1.807, 2.05) is 0 Å². The molecule has 2 aromatic heterocycles. The van der Waals surface area contributed by atoms with Crippen LogP contribution >= 0.6 is 7.75 Å². The van der Waals surface area contributed by atoms with Gasteiger partial charge < -0.3 is 34.7 Å². The molecular weight excluding hydrogens is 559 g/mol. The summed E-state index contributed by atoms with van der Waals surface area (Å²) in [5.41, 5.74) is 4.58. The van der Waals surface area contributed by atoms with Crippen molar-refractivity contribution in [3.8, 4) is 11.6 Å². The average Bonchev–Trinajstić information content (AvgIpc) is 3.44. The van der Waals surface area contributed by atoms with Crippen molar-refractivity contribution in [1.29, 1.82) is 0 Å². The summed E-state index contributed by atoms with van der Waals surface area (Å²) in [4.78, 5) is 25.4. The van der Waals surface area contributed by atoms with Gasteiger partial charge in [0.1, 0.15) is 29.6 Å². The Bertz CT molecular complexity index is 1420. The minimum absolute atomic E-state index is 0.0828. The maximum Gasteiger partial charge on any atom is 0.459 e. The number of cyclic esters (lactones) is 1. The molecule has 6 atom stereocenters. The normalized spacial score (nSPS) is 31.9. The highest BCUT2D eigenvalue weighted by Crippen LogP contribution is 2.47. The first-order valence-corrected chi connectivity index (χ1v) is 14.7. The fourth-order valence-corrected chi connectivity index (χ4v) is 6.08. The molecule has 1 unspecified atom stereocenters. The number of rotatable bonds is 2. The van der Waals surface area contributed by atoms with Crippen molar-refractivity contribution < 1.29 is 42.8 Å². The standard InChI is InChI=1S/C25H33N6O9P/c1-15-22(33)37-12-8-4-7-11-36-21-18-20(28-24(26)29-21)31(14-27-18)23-25(2,34)19(32)17(39-23)13-38-41(35,30-15)40-16-9-5-3-6-10-16/h3,5-6,9-10,14-15,17,19,23,32,34H,4,7-8,11-13H2,1-2H3,(H,30,35)(H2,26,28,29)/t15-,17-,19-,23-,25-,41?/m1/s1. The number of carbonyl (C=O) groups excluding carboxylic acids is 1. The SMILES string of the molecule is C[C@H]1NP(=O)(Oc2ccccc2)OC[C@H]2O[C@@H](n3cnc4c(nc(N)nc43)OCCCCCOC1=O)[C@](C)(O)[C@@H]2O. The number of esters is 1. The fourth-order valence-electron chi connectivity index (χ4n) is 4.58. The Morgan fingerprint density at radius 2 is 1.90 bits per heavy atom. The van der Waals surface area contributed by atoms with Crippen LogP contribution in [0.2, 0.25) is 0 Å². The molecule has 3 aromatic rings. The van der Waals surface area contributed by atoms with Gasteiger partial charge in [-0.25, -0.2) is 9.55 Å². The number of nitrogens with two attached hydrogens (primary N) is 1. The van der Waals surface area contributed by atoms with Gasteiger partial charge in [-0.2, -0.15) is 15.1 Å². The lowest BCUT2D eigenvalue weighted by molar-refractivity contribution is -0.145. The van der Waals surface area contributed by atoms with E-state index in [9.17, 15) is 19.6 Å². The lowest BCUT2D eigenvalue weighted by Crippen LogP contribution is -2.44. The molecule has 0 spiro atoms. The number of anilines is 1. The molecule has 1 saturated heterocycles. The number of benzene rings is 1. The number of aliphatic hydroxyl groups is 2. The lowest BCUT2D eigenvalue weighted by atomic mass is 9.96. The van der Waals surface area contributed by atoms with Crippen molar-refractivity contribution in [3.05, 3.63) is 36.7 Å². The van der Waals surface area contributed by atoms with Gasteiger partial charge >= 0.3 is 13.7 Å². The molecule has 2 aliphatic heterocycles. The summed E-state index contributed by atoms with van der Waals surface area (Å²) in [5, 5.41) is 24.9. The summed E-state index contributed by atoms with van der Waals surface area (Å²) < 4.78 is 43.7. The maximum absolute atomic E-state index is 13.8. The first kappa shape index (κ1) is 29.2. The summed E-state index contributed by atoms with van der Waals surface area (Å²) in [6.45, 7) is 2.80. The zero-order valence-corrected chi connectivity index (χ0v) is 23.5. The van der Waals surface area contributed by atoms with Crippen LogP contribution in [-0.4, -0.2) is 79.4 Å². The van der Waals surface area contributed by atoms with E-state index in [0.29, 0.717) is 25.9 Å². The van der Waals surface area contributed by atoms with Gasteiger partial charge in [-0.05, 0) is 45.2 Å². The van der Waals surface area contributed by atoms with E-state index in [1.165, 1.54) is 24.7 Å². The first-order chi connectivity index (χ1) is 19.6. The van der Waals surface area contributed by atoms with Crippen molar-refractivity contribution in [2.75, 3.05) is 25.6 Å². The predicted molar refractivity (Wildman–Crippen MR) is 144 cm³/mol. The predicted octanol–water partition coefficient (Wildman–Crippen LogP) is 1.71. The second kappa shape index (κ2) is 11.9. The van der Waals surface area contributed by atoms with Crippen LogP contribution in [0.5, 0.6) is 11.6 Å². The Morgan fingerprint density at radius 1 is 1.17 bits per heavy atom. The molecule has 0 amide bonds. The van der Waals surface area contributed by atoms with Crippen LogP contribution in [0.25, 0.3) is 11.2 Å². The third-order valence-electron chi connectivity index (χ3n) is 6.77. The van der Waals surface area contributed by atoms with Gasteiger partial charge in [-0.1, -0.05) is 18.2 Å². The lowest BCUT2D eigenvalue weighted by Gasteiger charge is -2.27. The summed E-state index contributed by atoms with van der Waals surface area (Å²) in [7, 11) is -4.24. The number of hydrogen-bond donors (Lipinski definition) is 4. The third kappa shape index (κ3) is 6.30. The highest BCUT2D eigenvalue weighted by Gasteiger charge is 2.54. The smallest absolute Gasteiger partial charge is 0.459 e. The molecule has 1 aromatic carbocycles. The van der Waals surface area contributed by atoms with Gasteiger partial charge in [0.15, 0.2) is 17.4 Å². The molecule has 0 aliphatic carbocycles. The second-order valence-electron chi connectivity index (χ2n) is 10.0. The van der Waals surface area contributed by atoms with E-state index in [-0.39, 0.29) is 35.3 Å². The van der Waals surface area contributed by atoms with Gasteiger partial charge in [-0.15, -0.1) is 0 Å². The number of carbonyl (C=O) groups is 1. The number of aromatic nitrogens is 4. The number of nitrogens with zero attached hydrogens (tertiary/aromatic N) is 4. The quantitative estimate of drug-likeness (QED) is 0.247. The number of fused-ring (bicyclic) bond motifs is 3. The highest BCUT2D eigenvalue weighted by atomic mass is 31.2. The molecule has 0 saturated carbocycles. The molecule has 41 heavy (non-hydrogen) atoms. The van der Waals surface area contributed by atoms with Crippen molar-refractivity contribution in [2.45, 2.75) is 63.2 Å². The molecule has 0 radical (unpaired) electrons. The monoisotopic (exact) mass is 592 g/mol. The van der Waals surface area contributed by atoms with Crippen molar-refractivity contribution in [3.63, 3.8) is 0 Å². The third-order valence-corrected chi connectivity index (χ3v) is 8.41. The van der Waals surface area contributed by atoms with Crippen molar-refractivity contribution >= 4 is 30.8 Å². The van der Waals surface area contributed by atoms with Crippen LogP contribution in [0.15, 0.2) is 36.7 Å². The molecule has 2 aliphatic rings. The molecule has 222 valence electrons. The number of ether oxygens (including phenoxy) is 3. The first-order valence-electron chi connectivity index (χ1n) is 13.2. The minimum atomic E-state index is -4.24. The summed E-state index contributed by atoms with van der Waals surface area (Å²) >= 11 is 0. The van der Waals surface area contributed by atoms with Gasteiger partial charge in [0, 0.05) is 0 Å². The van der Waals surface area contributed by atoms with Gasteiger partial charge in [0.05, 0.1) is 26.1 Å². The number of nitrogens with one attached hydrogen (secondary N) is 1. The summed E-state index contributed by atoms with van der Waals surface area (Å²) in [6, 6.07) is 7.20. The van der Waals surface area contributed by atoms with E-state index in [0.717, 1.165) is 0 Å². The van der Waals surface area contributed by atoms with Crippen molar-refractivity contribution in [1.82, 2.24) is 24.6 Å².